The van der Waals surface area contributed by atoms with Crippen molar-refractivity contribution in [1.29, 1.82) is 0 Å². The number of hydrogen-bond acceptors (Lipinski definition) is 2. The van der Waals surface area contributed by atoms with E-state index in [0.717, 1.165) is 11.1 Å². The first kappa shape index (κ1) is 11.9. The fourth-order valence-electron chi connectivity index (χ4n) is 1.73. The summed E-state index contributed by atoms with van der Waals surface area (Å²) in [5, 5.41) is 0. The van der Waals surface area contributed by atoms with Crippen LogP contribution in [0.2, 0.25) is 0 Å². The van der Waals surface area contributed by atoms with Gasteiger partial charge in [-0.1, -0.05) is 48.0 Å². The zero-order valence-corrected chi connectivity index (χ0v) is 10.4. The highest BCUT2D eigenvalue weighted by atomic mass is 35.5. The molecule has 1 aromatic carbocycles. The van der Waals surface area contributed by atoms with Crippen LogP contribution in [0.5, 0.6) is 0 Å². The number of carbonyl (C=O) groups excluding carboxylic acids is 1. The fourth-order valence-corrected chi connectivity index (χ4v) is 1.93. The predicted molar refractivity (Wildman–Crippen MR) is 70.0 cm³/mol. The predicted octanol–water partition coefficient (Wildman–Crippen LogP) is 3.21. The molecule has 0 radical (unpaired) electrons. The number of alkyl halides is 1. The number of halogens is 1. The largest absolute Gasteiger partial charge is 0.350 e. The summed E-state index contributed by atoms with van der Waals surface area (Å²) in [7, 11) is 0. The highest BCUT2D eigenvalue weighted by Crippen LogP contribution is 2.17. The molecule has 2 rings (SSSR count). The Morgan fingerprint density at radius 1 is 1.35 bits per heavy atom. The molecule has 0 amide bonds. The standard InChI is InChI=1S/C14H14ClNO/c1-11-7-8-14(15)16(9-11)10-13(17)12-5-3-2-4-6-12/h2-9,14H,10H2,1H3. The Kier molecular flexibility index (Phi) is 3.64. The van der Waals surface area contributed by atoms with E-state index >= 15 is 0 Å². The van der Waals surface area contributed by atoms with E-state index in [-0.39, 0.29) is 11.3 Å². The SMILES string of the molecule is CC1=CN(CC(=O)c2ccccc2)C(Cl)C=C1. The molecular weight excluding hydrogens is 234 g/mol. The van der Waals surface area contributed by atoms with Crippen molar-refractivity contribution in [3.05, 3.63) is 59.8 Å². The first-order valence-electron chi connectivity index (χ1n) is 5.51. The van der Waals surface area contributed by atoms with E-state index in [1.54, 1.807) is 0 Å². The van der Waals surface area contributed by atoms with Gasteiger partial charge in [0.05, 0.1) is 6.54 Å². The molecule has 17 heavy (non-hydrogen) atoms. The van der Waals surface area contributed by atoms with Crippen LogP contribution < -0.4 is 0 Å². The van der Waals surface area contributed by atoms with Gasteiger partial charge in [0.15, 0.2) is 5.78 Å². The van der Waals surface area contributed by atoms with Gasteiger partial charge in [-0.05, 0) is 18.6 Å². The highest BCUT2D eigenvalue weighted by Gasteiger charge is 2.17. The molecule has 1 aliphatic heterocycles. The van der Waals surface area contributed by atoms with Crippen LogP contribution in [0, 0.1) is 0 Å². The second-order valence-corrected chi connectivity index (χ2v) is 4.51. The molecule has 0 saturated heterocycles. The number of hydrogen-bond donors (Lipinski definition) is 0. The number of nitrogens with zero attached hydrogens (tertiary/aromatic N) is 1. The Morgan fingerprint density at radius 3 is 2.76 bits per heavy atom. The zero-order chi connectivity index (χ0) is 12.3. The minimum Gasteiger partial charge on any atom is -0.350 e. The first-order valence-corrected chi connectivity index (χ1v) is 5.95. The monoisotopic (exact) mass is 247 g/mol. The first-order chi connectivity index (χ1) is 8.16. The molecule has 0 bridgehead atoms. The minimum absolute atomic E-state index is 0.0793. The zero-order valence-electron chi connectivity index (χ0n) is 9.64. The van der Waals surface area contributed by atoms with Crippen LogP contribution in [0.1, 0.15) is 17.3 Å². The van der Waals surface area contributed by atoms with Crippen LogP contribution in [0.15, 0.2) is 54.3 Å². The summed E-state index contributed by atoms with van der Waals surface area (Å²) in [6.45, 7) is 2.29. The van der Waals surface area contributed by atoms with E-state index in [4.69, 9.17) is 11.6 Å². The van der Waals surface area contributed by atoms with Crippen LogP contribution in [-0.4, -0.2) is 22.7 Å². The Labute approximate surface area is 106 Å². The number of benzene rings is 1. The lowest BCUT2D eigenvalue weighted by Crippen LogP contribution is -2.32. The van der Waals surface area contributed by atoms with Gasteiger partial charge in [0.1, 0.15) is 5.50 Å². The van der Waals surface area contributed by atoms with Gasteiger partial charge in [0, 0.05) is 11.8 Å². The fraction of sp³-hybridized carbons (Fsp3) is 0.214. The van der Waals surface area contributed by atoms with E-state index in [0.29, 0.717) is 6.54 Å². The Balaban J connectivity index is 2.07. The number of Topliss-reactive ketones (excluding diaryl/α,β-unsaturated/α-hetero) is 1. The van der Waals surface area contributed by atoms with Gasteiger partial charge in [-0.25, -0.2) is 0 Å². The normalized spacial score (nSPS) is 19.1. The van der Waals surface area contributed by atoms with Gasteiger partial charge in [0.25, 0.3) is 0 Å². The van der Waals surface area contributed by atoms with Gasteiger partial charge >= 0.3 is 0 Å². The molecule has 3 heteroatoms. The maximum atomic E-state index is 12.0. The number of rotatable bonds is 3. The minimum atomic E-state index is -0.244. The smallest absolute Gasteiger partial charge is 0.182 e. The molecule has 0 aromatic heterocycles. The van der Waals surface area contributed by atoms with Gasteiger partial charge in [0.2, 0.25) is 0 Å². The second-order valence-electron chi connectivity index (χ2n) is 4.07. The van der Waals surface area contributed by atoms with E-state index < -0.39 is 0 Å². The van der Waals surface area contributed by atoms with E-state index in [9.17, 15) is 4.79 Å². The van der Waals surface area contributed by atoms with Crippen molar-refractivity contribution in [3.8, 4) is 0 Å². The van der Waals surface area contributed by atoms with Gasteiger partial charge in [-0.3, -0.25) is 4.79 Å². The molecule has 88 valence electrons. The summed E-state index contributed by atoms with van der Waals surface area (Å²) < 4.78 is 0. The average Bonchev–Trinajstić information content (AvgIpc) is 2.35. The van der Waals surface area contributed by atoms with E-state index in [2.05, 4.69) is 0 Å². The third-order valence-electron chi connectivity index (χ3n) is 2.63. The van der Waals surface area contributed by atoms with Crippen molar-refractivity contribution in [3.63, 3.8) is 0 Å². The van der Waals surface area contributed by atoms with Gasteiger partial charge in [-0.2, -0.15) is 0 Å². The van der Waals surface area contributed by atoms with Gasteiger partial charge in [-0.15, -0.1) is 0 Å². The van der Waals surface area contributed by atoms with E-state index in [1.165, 1.54) is 0 Å². The molecule has 0 saturated carbocycles. The van der Waals surface area contributed by atoms with Crippen molar-refractivity contribution in [2.45, 2.75) is 12.4 Å². The van der Waals surface area contributed by atoms with Crippen molar-refractivity contribution >= 4 is 17.4 Å². The summed E-state index contributed by atoms with van der Waals surface area (Å²) in [6, 6.07) is 9.27. The van der Waals surface area contributed by atoms with Gasteiger partial charge < -0.3 is 4.90 Å². The van der Waals surface area contributed by atoms with Crippen molar-refractivity contribution in [2.24, 2.45) is 0 Å². The summed E-state index contributed by atoms with van der Waals surface area (Å²) >= 11 is 6.12. The lowest BCUT2D eigenvalue weighted by Gasteiger charge is -2.26. The molecule has 1 unspecified atom stereocenters. The topological polar surface area (TPSA) is 20.3 Å². The van der Waals surface area contributed by atoms with Crippen LogP contribution in [0.3, 0.4) is 0 Å². The lowest BCUT2D eigenvalue weighted by atomic mass is 10.1. The summed E-state index contributed by atoms with van der Waals surface area (Å²) in [5.74, 6) is 0.0793. The summed E-state index contributed by atoms with van der Waals surface area (Å²) in [4.78, 5) is 13.9. The molecule has 0 fully saturated rings. The molecule has 1 atom stereocenters. The highest BCUT2D eigenvalue weighted by molar-refractivity contribution is 6.21. The number of allylic oxidation sites excluding steroid dienone is 2. The quantitative estimate of drug-likeness (QED) is 0.464. The molecule has 1 aliphatic rings. The summed E-state index contributed by atoms with van der Waals surface area (Å²) in [5.41, 5.74) is 1.58. The number of carbonyl (C=O) groups is 1. The molecule has 1 aromatic rings. The second kappa shape index (κ2) is 5.19. The van der Waals surface area contributed by atoms with Crippen molar-refractivity contribution < 1.29 is 4.79 Å². The average molecular weight is 248 g/mol. The number of ketones is 1. The van der Waals surface area contributed by atoms with Crippen molar-refractivity contribution in [1.82, 2.24) is 4.90 Å². The third kappa shape index (κ3) is 2.98. The molecule has 0 spiro atoms. The Hall–Kier alpha value is -1.54. The lowest BCUT2D eigenvalue weighted by molar-refractivity contribution is 0.0954. The van der Waals surface area contributed by atoms with Crippen LogP contribution >= 0.6 is 11.6 Å². The molecule has 2 nitrogen and oxygen atoms in total. The molecule has 0 N–H and O–H groups in total. The van der Waals surface area contributed by atoms with E-state index in [1.807, 2.05) is 60.5 Å². The Morgan fingerprint density at radius 2 is 2.06 bits per heavy atom. The van der Waals surface area contributed by atoms with Crippen LogP contribution in [-0.2, 0) is 0 Å². The summed E-state index contributed by atoms with van der Waals surface area (Å²) in [6.07, 6.45) is 5.76. The van der Waals surface area contributed by atoms with Crippen LogP contribution in [0.4, 0.5) is 0 Å². The van der Waals surface area contributed by atoms with Crippen molar-refractivity contribution in [2.75, 3.05) is 6.54 Å². The maximum Gasteiger partial charge on any atom is 0.182 e. The molecular formula is C14H14ClNO. The maximum absolute atomic E-state index is 12.0. The van der Waals surface area contributed by atoms with Crippen LogP contribution in [0.25, 0.3) is 0 Å². The molecule has 1 heterocycles. The Bertz CT molecular complexity index is 464. The molecule has 0 aliphatic carbocycles. The third-order valence-corrected chi connectivity index (χ3v) is 3.02.